The molecule has 2 aromatic heterocycles. The van der Waals surface area contributed by atoms with E-state index in [9.17, 15) is 4.79 Å². The summed E-state index contributed by atoms with van der Waals surface area (Å²) < 4.78 is 1.81. The molecule has 0 atom stereocenters. The van der Waals surface area contributed by atoms with Crippen LogP contribution in [-0.2, 0) is 12.0 Å². The van der Waals surface area contributed by atoms with Crippen LogP contribution in [0, 0.1) is 0 Å². The number of hydrogen-bond acceptors (Lipinski definition) is 4. The lowest BCUT2D eigenvalue weighted by atomic mass is 9.88. The number of aromatic nitrogens is 3. The Morgan fingerprint density at radius 3 is 2.83 bits per heavy atom. The quantitative estimate of drug-likeness (QED) is 0.705. The highest BCUT2D eigenvalue weighted by Crippen LogP contribution is 2.29. The second-order valence-corrected chi connectivity index (χ2v) is 6.55. The van der Waals surface area contributed by atoms with Crippen LogP contribution < -0.4 is 11.3 Å². The Morgan fingerprint density at radius 1 is 1.38 bits per heavy atom. The number of aromatic amines is 1. The smallest absolute Gasteiger partial charge is 0.262 e. The maximum Gasteiger partial charge on any atom is 0.262 e. The number of para-hydroxylation sites is 1. The molecule has 24 heavy (non-hydrogen) atoms. The summed E-state index contributed by atoms with van der Waals surface area (Å²) in [5, 5.41) is 9.13. The number of nitrogens with two attached hydrogens (primary N) is 1. The van der Waals surface area contributed by atoms with Gasteiger partial charge in [-0.1, -0.05) is 18.2 Å². The van der Waals surface area contributed by atoms with Crippen molar-refractivity contribution in [3.05, 3.63) is 40.3 Å². The number of aliphatic imine (C=N–C) groups is 1. The highest BCUT2D eigenvalue weighted by Gasteiger charge is 2.26. The van der Waals surface area contributed by atoms with E-state index in [0.29, 0.717) is 24.0 Å². The van der Waals surface area contributed by atoms with Crippen molar-refractivity contribution in [3.8, 4) is 0 Å². The summed E-state index contributed by atoms with van der Waals surface area (Å²) in [6.07, 6.45) is 2.58. The van der Waals surface area contributed by atoms with Crippen molar-refractivity contribution in [2.24, 2.45) is 10.7 Å². The zero-order valence-corrected chi connectivity index (χ0v) is 14.3. The minimum atomic E-state index is -0.406. The zero-order chi connectivity index (χ0) is 17.3. The number of nitrogens with zero attached hydrogens (tertiary/aromatic N) is 3. The molecular formula is C18H23N5O. The first-order chi connectivity index (χ1) is 11.5. The predicted octanol–water partition coefficient (Wildman–Crippen LogP) is 2.20. The molecule has 3 rings (SSSR count). The Bertz CT molecular complexity index is 965. The lowest BCUT2D eigenvalue weighted by Crippen LogP contribution is -2.26. The number of fused-ring (bicyclic) bond motifs is 3. The molecule has 3 N–H and O–H groups in total. The first-order valence-electron chi connectivity index (χ1n) is 8.14. The topological polar surface area (TPSA) is 89.1 Å². The van der Waals surface area contributed by atoms with Gasteiger partial charge < -0.3 is 10.3 Å². The Morgan fingerprint density at radius 2 is 2.12 bits per heavy atom. The summed E-state index contributed by atoms with van der Waals surface area (Å²) in [4.78, 5) is 17.3. The summed E-state index contributed by atoms with van der Waals surface area (Å²) in [6, 6.07) is 7.86. The third-order valence-corrected chi connectivity index (χ3v) is 4.36. The molecule has 0 amide bonds. The van der Waals surface area contributed by atoms with Crippen molar-refractivity contribution in [2.75, 3.05) is 13.6 Å². The Kier molecular flexibility index (Phi) is 4.24. The standard InChI is InChI=1S/C18H23N5O/c1-18(2,11-20-3)16-14-15(21-22-16)12-7-4-5-8-13(12)23(17(14)24)10-6-9-19/h4-5,7-8,11H,6,9-10,19H2,1-3H3,(H,21,22). The molecule has 0 saturated heterocycles. The van der Waals surface area contributed by atoms with Gasteiger partial charge in [0.25, 0.3) is 5.56 Å². The van der Waals surface area contributed by atoms with Crippen LogP contribution in [-0.4, -0.2) is 34.6 Å². The molecule has 126 valence electrons. The van der Waals surface area contributed by atoms with Gasteiger partial charge in [-0.25, -0.2) is 0 Å². The number of pyridine rings is 1. The Balaban J connectivity index is 2.41. The van der Waals surface area contributed by atoms with E-state index in [1.165, 1.54) is 0 Å². The number of rotatable bonds is 5. The van der Waals surface area contributed by atoms with Gasteiger partial charge in [-0.15, -0.1) is 0 Å². The summed E-state index contributed by atoms with van der Waals surface area (Å²) in [7, 11) is 1.73. The molecule has 0 unspecified atom stereocenters. The van der Waals surface area contributed by atoms with Gasteiger partial charge in [-0.3, -0.25) is 14.9 Å². The first-order valence-corrected chi connectivity index (χ1v) is 8.14. The fourth-order valence-corrected chi connectivity index (χ4v) is 3.22. The fourth-order valence-electron chi connectivity index (χ4n) is 3.22. The van der Waals surface area contributed by atoms with Crippen molar-refractivity contribution in [3.63, 3.8) is 0 Å². The van der Waals surface area contributed by atoms with Gasteiger partial charge in [0.1, 0.15) is 5.52 Å². The van der Waals surface area contributed by atoms with Crippen LogP contribution in [0.5, 0.6) is 0 Å². The predicted molar refractivity (Wildman–Crippen MR) is 99.0 cm³/mol. The Hall–Kier alpha value is -2.47. The lowest BCUT2D eigenvalue weighted by Gasteiger charge is -2.18. The maximum atomic E-state index is 13.2. The van der Waals surface area contributed by atoms with Crippen LogP contribution in [0.25, 0.3) is 21.8 Å². The number of H-pyrrole nitrogens is 1. The van der Waals surface area contributed by atoms with Gasteiger partial charge in [0.15, 0.2) is 0 Å². The van der Waals surface area contributed by atoms with Crippen LogP contribution in [0.4, 0.5) is 0 Å². The van der Waals surface area contributed by atoms with Gasteiger partial charge in [-0.05, 0) is 32.9 Å². The molecule has 6 heteroatoms. The minimum absolute atomic E-state index is 0.0292. The molecule has 0 saturated carbocycles. The zero-order valence-electron chi connectivity index (χ0n) is 14.3. The van der Waals surface area contributed by atoms with Gasteiger partial charge >= 0.3 is 0 Å². The highest BCUT2D eigenvalue weighted by molar-refractivity contribution is 6.05. The third kappa shape index (κ3) is 2.53. The van der Waals surface area contributed by atoms with E-state index in [-0.39, 0.29) is 5.56 Å². The molecule has 0 aliphatic carbocycles. The molecule has 0 bridgehead atoms. The summed E-state index contributed by atoms with van der Waals surface area (Å²) in [5.41, 5.74) is 7.61. The van der Waals surface area contributed by atoms with Crippen molar-refractivity contribution < 1.29 is 0 Å². The molecule has 0 fully saturated rings. The van der Waals surface area contributed by atoms with Gasteiger partial charge in [0.2, 0.25) is 0 Å². The minimum Gasteiger partial charge on any atom is -0.330 e. The van der Waals surface area contributed by atoms with E-state index < -0.39 is 5.41 Å². The van der Waals surface area contributed by atoms with Gasteiger partial charge in [-0.2, -0.15) is 5.10 Å². The molecular weight excluding hydrogens is 302 g/mol. The van der Waals surface area contributed by atoms with Crippen LogP contribution in [0.3, 0.4) is 0 Å². The van der Waals surface area contributed by atoms with Crippen LogP contribution in [0.2, 0.25) is 0 Å². The van der Waals surface area contributed by atoms with E-state index in [4.69, 9.17) is 5.73 Å². The molecule has 1 aromatic carbocycles. The molecule has 0 aliphatic heterocycles. The van der Waals surface area contributed by atoms with E-state index >= 15 is 0 Å². The maximum absolute atomic E-state index is 13.2. The molecule has 2 heterocycles. The largest absolute Gasteiger partial charge is 0.330 e. The number of hydrogen-bond donors (Lipinski definition) is 2. The molecule has 0 aliphatic rings. The van der Waals surface area contributed by atoms with Crippen molar-refractivity contribution in [2.45, 2.75) is 32.2 Å². The van der Waals surface area contributed by atoms with Crippen molar-refractivity contribution in [1.29, 1.82) is 0 Å². The van der Waals surface area contributed by atoms with E-state index in [1.54, 1.807) is 7.05 Å². The average molecular weight is 325 g/mol. The molecule has 3 aromatic rings. The molecule has 0 radical (unpaired) electrons. The number of aryl methyl sites for hydroxylation is 1. The average Bonchev–Trinajstić information content (AvgIpc) is 3.01. The van der Waals surface area contributed by atoms with E-state index in [0.717, 1.165) is 23.0 Å². The van der Waals surface area contributed by atoms with Crippen molar-refractivity contribution in [1.82, 2.24) is 14.8 Å². The molecule has 0 spiro atoms. The van der Waals surface area contributed by atoms with Gasteiger partial charge in [0, 0.05) is 30.6 Å². The molecule has 6 nitrogen and oxygen atoms in total. The number of nitrogens with one attached hydrogen (secondary N) is 1. The monoisotopic (exact) mass is 325 g/mol. The van der Waals surface area contributed by atoms with Crippen LogP contribution in [0.15, 0.2) is 34.1 Å². The third-order valence-electron chi connectivity index (χ3n) is 4.36. The summed E-state index contributed by atoms with van der Waals surface area (Å²) in [5.74, 6) is 0. The first kappa shape index (κ1) is 16.4. The highest BCUT2D eigenvalue weighted by atomic mass is 16.1. The second kappa shape index (κ2) is 6.20. The fraction of sp³-hybridized carbons (Fsp3) is 0.389. The lowest BCUT2D eigenvalue weighted by molar-refractivity contribution is 0.651. The second-order valence-electron chi connectivity index (χ2n) is 6.55. The summed E-state index contributed by atoms with van der Waals surface area (Å²) in [6.45, 7) is 5.18. The normalized spacial score (nSPS) is 12.7. The van der Waals surface area contributed by atoms with Gasteiger partial charge in [0.05, 0.1) is 16.6 Å². The van der Waals surface area contributed by atoms with E-state index in [2.05, 4.69) is 15.2 Å². The van der Waals surface area contributed by atoms with Crippen LogP contribution in [0.1, 0.15) is 26.0 Å². The van der Waals surface area contributed by atoms with Crippen molar-refractivity contribution >= 4 is 28.0 Å². The summed E-state index contributed by atoms with van der Waals surface area (Å²) >= 11 is 0. The van der Waals surface area contributed by atoms with E-state index in [1.807, 2.05) is 48.9 Å². The Labute approximate surface area is 140 Å². The van der Waals surface area contributed by atoms with Crippen LogP contribution >= 0.6 is 0 Å². The number of benzene rings is 1. The SMILES string of the molecule is CN=CC(C)(C)c1[nH]nc2c1c(=O)n(CCCN)c1ccccc21.